The Morgan fingerprint density at radius 1 is 0.957 bits per heavy atom. The van der Waals surface area contributed by atoms with Crippen LogP contribution in [0.25, 0.3) is 0 Å². The molecule has 0 bridgehead atoms. The van der Waals surface area contributed by atoms with Crippen molar-refractivity contribution in [3.8, 4) is 0 Å². The van der Waals surface area contributed by atoms with Crippen LogP contribution in [0.4, 0.5) is 0 Å². The Labute approximate surface area is 130 Å². The minimum Gasteiger partial charge on any atom is -0.481 e. The van der Waals surface area contributed by atoms with Crippen LogP contribution in [0.15, 0.2) is 0 Å². The minimum absolute atomic E-state index is 0.403. The van der Waals surface area contributed by atoms with Crippen LogP contribution in [0.5, 0.6) is 0 Å². The molecule has 0 saturated carbocycles. The SMILES string of the molecule is NCC(=O)N[C@@H](CO)C(=O)NCC(=O)N[C@@H](CC(=O)O)C(=O)O. The van der Waals surface area contributed by atoms with Crippen LogP contribution in [0.2, 0.25) is 0 Å². The van der Waals surface area contributed by atoms with E-state index >= 15 is 0 Å². The number of nitrogens with one attached hydrogen (secondary N) is 3. The maximum absolute atomic E-state index is 11.6. The molecule has 0 unspecified atom stereocenters. The van der Waals surface area contributed by atoms with Crippen molar-refractivity contribution in [1.82, 2.24) is 16.0 Å². The average Bonchev–Trinajstić information content (AvgIpc) is 2.48. The summed E-state index contributed by atoms with van der Waals surface area (Å²) in [5.41, 5.74) is 5.03. The van der Waals surface area contributed by atoms with Gasteiger partial charge in [0.15, 0.2) is 0 Å². The fraction of sp³-hybridized carbons (Fsp3) is 0.545. The maximum atomic E-state index is 11.6. The summed E-state index contributed by atoms with van der Waals surface area (Å²) in [6.07, 6.45) is -0.832. The van der Waals surface area contributed by atoms with E-state index in [1.807, 2.05) is 5.32 Å². The van der Waals surface area contributed by atoms with E-state index in [1.54, 1.807) is 0 Å². The lowest BCUT2D eigenvalue weighted by atomic mass is 10.2. The van der Waals surface area contributed by atoms with Crippen LogP contribution in [-0.2, 0) is 24.0 Å². The van der Waals surface area contributed by atoms with E-state index in [9.17, 15) is 24.0 Å². The first kappa shape index (κ1) is 20.3. The molecule has 0 aliphatic heterocycles. The molecule has 2 atom stereocenters. The lowest BCUT2D eigenvalue weighted by molar-refractivity contribution is -0.147. The highest BCUT2D eigenvalue weighted by Gasteiger charge is 2.24. The number of carbonyl (C=O) groups excluding carboxylic acids is 3. The Morgan fingerprint density at radius 2 is 1.52 bits per heavy atom. The first-order valence-corrected chi connectivity index (χ1v) is 6.33. The first-order chi connectivity index (χ1) is 10.7. The highest BCUT2D eigenvalue weighted by atomic mass is 16.4. The monoisotopic (exact) mass is 334 g/mol. The Bertz CT molecular complexity index is 481. The zero-order chi connectivity index (χ0) is 18.0. The molecule has 12 nitrogen and oxygen atoms in total. The molecular weight excluding hydrogens is 316 g/mol. The Hall–Kier alpha value is -2.73. The van der Waals surface area contributed by atoms with Gasteiger partial charge in [0.2, 0.25) is 17.7 Å². The summed E-state index contributed by atoms with van der Waals surface area (Å²) in [6.45, 7) is -1.81. The number of aliphatic carboxylic acids is 2. The van der Waals surface area contributed by atoms with Gasteiger partial charge in [-0.15, -0.1) is 0 Å². The largest absolute Gasteiger partial charge is 0.481 e. The third-order valence-electron chi connectivity index (χ3n) is 2.45. The summed E-state index contributed by atoms with van der Waals surface area (Å²) in [7, 11) is 0. The molecule has 3 amide bonds. The van der Waals surface area contributed by atoms with Gasteiger partial charge in [-0.05, 0) is 0 Å². The number of carbonyl (C=O) groups is 5. The molecule has 0 rings (SSSR count). The lowest BCUT2D eigenvalue weighted by Gasteiger charge is -2.16. The van der Waals surface area contributed by atoms with Gasteiger partial charge < -0.3 is 37.0 Å². The van der Waals surface area contributed by atoms with Gasteiger partial charge >= 0.3 is 11.9 Å². The van der Waals surface area contributed by atoms with Gasteiger partial charge in [-0.3, -0.25) is 19.2 Å². The van der Waals surface area contributed by atoms with E-state index in [1.165, 1.54) is 0 Å². The van der Waals surface area contributed by atoms with Crippen LogP contribution >= 0.6 is 0 Å². The van der Waals surface area contributed by atoms with E-state index in [0.717, 1.165) is 0 Å². The molecule has 12 heteroatoms. The zero-order valence-corrected chi connectivity index (χ0v) is 11.9. The van der Waals surface area contributed by atoms with Crippen molar-refractivity contribution in [2.75, 3.05) is 19.7 Å². The van der Waals surface area contributed by atoms with Crippen molar-refractivity contribution in [1.29, 1.82) is 0 Å². The van der Waals surface area contributed by atoms with Gasteiger partial charge in [0.25, 0.3) is 0 Å². The molecule has 0 aliphatic rings. The molecule has 0 aliphatic carbocycles. The molecule has 0 aromatic heterocycles. The van der Waals surface area contributed by atoms with Crippen molar-refractivity contribution in [3.05, 3.63) is 0 Å². The molecule has 23 heavy (non-hydrogen) atoms. The number of rotatable bonds is 10. The normalized spacial score (nSPS) is 12.6. The molecule has 0 aromatic carbocycles. The van der Waals surface area contributed by atoms with Gasteiger partial charge in [-0.1, -0.05) is 0 Å². The maximum Gasteiger partial charge on any atom is 0.326 e. The standard InChI is InChI=1S/C11H18N4O8/c12-2-7(17)15-6(4-16)10(21)13-3-8(18)14-5(11(22)23)1-9(19)20/h5-6,16H,1-4,12H2,(H,13,21)(H,14,18)(H,15,17)(H,19,20)(H,22,23)/t5-,6-/m0/s1. The van der Waals surface area contributed by atoms with Crippen molar-refractivity contribution < 1.29 is 39.3 Å². The minimum atomic E-state index is -1.65. The highest BCUT2D eigenvalue weighted by molar-refractivity contribution is 5.92. The van der Waals surface area contributed by atoms with Crippen LogP contribution in [0.3, 0.4) is 0 Å². The molecule has 0 fully saturated rings. The fourth-order valence-electron chi connectivity index (χ4n) is 1.36. The van der Waals surface area contributed by atoms with Crippen molar-refractivity contribution >= 4 is 29.7 Å². The van der Waals surface area contributed by atoms with Gasteiger partial charge in [0.05, 0.1) is 26.1 Å². The van der Waals surface area contributed by atoms with Crippen molar-refractivity contribution in [2.24, 2.45) is 5.73 Å². The van der Waals surface area contributed by atoms with Gasteiger partial charge in [-0.2, -0.15) is 0 Å². The number of carboxylic acid groups (broad SMARTS) is 2. The molecular formula is C11H18N4O8. The Balaban J connectivity index is 4.44. The second-order valence-corrected chi connectivity index (χ2v) is 4.28. The predicted octanol–water partition coefficient (Wildman–Crippen LogP) is -4.42. The van der Waals surface area contributed by atoms with Gasteiger partial charge in [0.1, 0.15) is 12.1 Å². The molecule has 0 aromatic rings. The Morgan fingerprint density at radius 3 is 1.96 bits per heavy atom. The van der Waals surface area contributed by atoms with Crippen LogP contribution in [0.1, 0.15) is 6.42 Å². The van der Waals surface area contributed by atoms with Crippen LogP contribution < -0.4 is 21.7 Å². The number of aliphatic hydroxyl groups excluding tert-OH is 1. The second kappa shape index (κ2) is 10.1. The van der Waals surface area contributed by atoms with E-state index in [2.05, 4.69) is 10.6 Å². The second-order valence-electron chi connectivity index (χ2n) is 4.28. The third kappa shape index (κ3) is 8.33. The lowest BCUT2D eigenvalue weighted by Crippen LogP contribution is -2.53. The molecule has 8 N–H and O–H groups in total. The van der Waals surface area contributed by atoms with E-state index in [0.29, 0.717) is 0 Å². The van der Waals surface area contributed by atoms with Crippen molar-refractivity contribution in [2.45, 2.75) is 18.5 Å². The smallest absolute Gasteiger partial charge is 0.326 e. The predicted molar refractivity (Wildman–Crippen MR) is 72.9 cm³/mol. The fourth-order valence-corrected chi connectivity index (χ4v) is 1.36. The van der Waals surface area contributed by atoms with E-state index < -0.39 is 67.9 Å². The summed E-state index contributed by atoms with van der Waals surface area (Å²) in [5, 5.41) is 32.3. The first-order valence-electron chi connectivity index (χ1n) is 6.33. The molecule has 0 radical (unpaired) electrons. The molecule has 130 valence electrons. The number of hydrogen-bond donors (Lipinski definition) is 7. The van der Waals surface area contributed by atoms with Crippen LogP contribution in [0, 0.1) is 0 Å². The number of carboxylic acids is 2. The number of nitrogens with two attached hydrogens (primary N) is 1. The van der Waals surface area contributed by atoms with Crippen molar-refractivity contribution in [3.63, 3.8) is 0 Å². The molecule has 0 heterocycles. The summed E-state index contributed by atoms with van der Waals surface area (Å²) >= 11 is 0. The summed E-state index contributed by atoms with van der Waals surface area (Å²) in [4.78, 5) is 55.3. The van der Waals surface area contributed by atoms with Crippen LogP contribution in [-0.4, -0.2) is 76.8 Å². The van der Waals surface area contributed by atoms with E-state index in [-0.39, 0.29) is 0 Å². The topological polar surface area (TPSA) is 208 Å². The summed E-state index contributed by atoms with van der Waals surface area (Å²) in [5.74, 6) is -5.51. The average molecular weight is 334 g/mol. The van der Waals surface area contributed by atoms with Gasteiger partial charge in [-0.25, -0.2) is 4.79 Å². The van der Waals surface area contributed by atoms with Gasteiger partial charge in [0, 0.05) is 0 Å². The number of aliphatic hydroxyl groups is 1. The zero-order valence-electron chi connectivity index (χ0n) is 11.9. The summed E-state index contributed by atoms with van der Waals surface area (Å²) < 4.78 is 0. The highest BCUT2D eigenvalue weighted by Crippen LogP contribution is 1.92. The molecule has 0 saturated heterocycles. The number of hydrogen-bond acceptors (Lipinski definition) is 7. The number of amides is 3. The Kier molecular flexibility index (Phi) is 8.88. The quantitative estimate of drug-likeness (QED) is 0.205. The van der Waals surface area contributed by atoms with E-state index in [4.69, 9.17) is 21.1 Å². The third-order valence-corrected chi connectivity index (χ3v) is 2.45. The summed E-state index contributed by atoms with van der Waals surface area (Å²) in [6, 6.07) is -2.98. The molecule has 0 spiro atoms.